The highest BCUT2D eigenvalue weighted by Crippen LogP contribution is 2.30. The van der Waals surface area contributed by atoms with E-state index in [1.165, 1.54) is 5.56 Å². The van der Waals surface area contributed by atoms with E-state index in [0.29, 0.717) is 12.3 Å². The first-order valence-corrected chi connectivity index (χ1v) is 7.86. The van der Waals surface area contributed by atoms with Gasteiger partial charge in [-0.15, -0.1) is 0 Å². The topological polar surface area (TPSA) is 35.9 Å². The van der Waals surface area contributed by atoms with E-state index in [-0.39, 0.29) is 5.75 Å². The molecule has 0 atom stereocenters. The second-order valence-corrected chi connectivity index (χ2v) is 5.97. The number of likely N-dealkylation sites (N-methyl/N-ethyl adjacent to an activating group) is 1. The van der Waals surface area contributed by atoms with Gasteiger partial charge in [0.25, 0.3) is 0 Å². The molecule has 124 valence electrons. The van der Waals surface area contributed by atoms with Crippen LogP contribution < -0.4 is 4.74 Å². The predicted molar refractivity (Wildman–Crippen MR) is 93.8 cm³/mol. The minimum absolute atomic E-state index is 0.234. The zero-order valence-electron chi connectivity index (χ0n) is 14.2. The molecule has 0 aliphatic rings. The molecule has 0 saturated heterocycles. The van der Waals surface area contributed by atoms with Gasteiger partial charge in [-0.25, -0.2) is 0 Å². The molecule has 1 N–H and O–H groups in total. The largest absolute Gasteiger partial charge is 0.504 e. The van der Waals surface area contributed by atoms with Crippen molar-refractivity contribution in [1.29, 1.82) is 0 Å². The van der Waals surface area contributed by atoms with Crippen molar-refractivity contribution < 1.29 is 9.84 Å². The molecular formula is C19H26N2O2. The van der Waals surface area contributed by atoms with Crippen LogP contribution in [0.1, 0.15) is 11.1 Å². The van der Waals surface area contributed by atoms with Gasteiger partial charge in [0, 0.05) is 31.7 Å². The maximum absolute atomic E-state index is 10.3. The van der Waals surface area contributed by atoms with Crippen molar-refractivity contribution in [2.75, 3.05) is 34.3 Å². The summed E-state index contributed by atoms with van der Waals surface area (Å²) < 4.78 is 5.21. The Kier molecular flexibility index (Phi) is 6.44. The molecule has 4 heteroatoms. The highest BCUT2D eigenvalue weighted by atomic mass is 16.5. The normalized spacial score (nSPS) is 11.2. The fourth-order valence-electron chi connectivity index (χ4n) is 2.50. The molecule has 2 aromatic carbocycles. The van der Waals surface area contributed by atoms with Crippen molar-refractivity contribution in [3.8, 4) is 11.5 Å². The Hall–Kier alpha value is -2.04. The quantitative estimate of drug-likeness (QED) is 0.812. The number of phenolic OH excluding ortho intramolecular Hbond substituents is 1. The minimum Gasteiger partial charge on any atom is -0.504 e. The summed E-state index contributed by atoms with van der Waals surface area (Å²) in [6.07, 6.45) is 0. The maximum Gasteiger partial charge on any atom is 0.162 e. The van der Waals surface area contributed by atoms with Gasteiger partial charge in [0.1, 0.15) is 0 Å². The van der Waals surface area contributed by atoms with E-state index in [9.17, 15) is 5.11 Å². The fourth-order valence-corrected chi connectivity index (χ4v) is 2.50. The Labute approximate surface area is 138 Å². The lowest BCUT2D eigenvalue weighted by molar-refractivity contribution is 0.223. The van der Waals surface area contributed by atoms with Gasteiger partial charge in [0.05, 0.1) is 7.11 Å². The molecule has 0 bridgehead atoms. The molecule has 23 heavy (non-hydrogen) atoms. The van der Waals surface area contributed by atoms with E-state index in [4.69, 9.17) is 4.74 Å². The SMILES string of the molecule is COc1cccc(CN(CCN(C)C)Cc2ccccc2)c1O. The molecule has 0 saturated carbocycles. The van der Waals surface area contributed by atoms with Gasteiger partial charge >= 0.3 is 0 Å². The summed E-state index contributed by atoms with van der Waals surface area (Å²) in [5.41, 5.74) is 2.16. The Morgan fingerprint density at radius 1 is 0.913 bits per heavy atom. The van der Waals surface area contributed by atoms with Crippen LogP contribution in [0, 0.1) is 0 Å². The van der Waals surface area contributed by atoms with Crippen LogP contribution in [0.15, 0.2) is 48.5 Å². The summed E-state index contributed by atoms with van der Waals surface area (Å²) in [6, 6.07) is 16.1. The van der Waals surface area contributed by atoms with E-state index < -0.39 is 0 Å². The third-order valence-corrected chi connectivity index (χ3v) is 3.81. The fraction of sp³-hybridized carbons (Fsp3) is 0.368. The van der Waals surface area contributed by atoms with Gasteiger partial charge in [-0.2, -0.15) is 0 Å². The first kappa shape index (κ1) is 17.3. The molecule has 0 aliphatic heterocycles. The molecule has 4 nitrogen and oxygen atoms in total. The molecule has 0 unspecified atom stereocenters. The molecule has 0 amide bonds. The molecule has 0 aliphatic carbocycles. The van der Waals surface area contributed by atoms with Gasteiger partial charge in [-0.05, 0) is 25.7 Å². The molecule has 0 aromatic heterocycles. The van der Waals surface area contributed by atoms with E-state index in [0.717, 1.165) is 25.2 Å². The first-order chi connectivity index (χ1) is 11.1. The lowest BCUT2D eigenvalue weighted by atomic mass is 10.1. The summed E-state index contributed by atoms with van der Waals surface area (Å²) in [4.78, 5) is 4.51. The van der Waals surface area contributed by atoms with Crippen LogP contribution in [0.4, 0.5) is 0 Å². The van der Waals surface area contributed by atoms with Crippen LogP contribution in [0.5, 0.6) is 11.5 Å². The van der Waals surface area contributed by atoms with Crippen LogP contribution in [-0.4, -0.2) is 49.2 Å². The van der Waals surface area contributed by atoms with Crippen LogP contribution in [0.25, 0.3) is 0 Å². The number of hydrogen-bond acceptors (Lipinski definition) is 4. The molecule has 0 heterocycles. The molecule has 0 spiro atoms. The number of hydrogen-bond donors (Lipinski definition) is 1. The van der Waals surface area contributed by atoms with E-state index in [2.05, 4.69) is 48.2 Å². The number of nitrogens with zero attached hydrogens (tertiary/aromatic N) is 2. The number of methoxy groups -OCH3 is 1. The lowest BCUT2D eigenvalue weighted by Gasteiger charge is -2.25. The van der Waals surface area contributed by atoms with Crippen LogP contribution in [-0.2, 0) is 13.1 Å². The van der Waals surface area contributed by atoms with E-state index in [1.807, 2.05) is 18.2 Å². The monoisotopic (exact) mass is 314 g/mol. The summed E-state index contributed by atoms with van der Waals surface area (Å²) in [5, 5.41) is 10.3. The second-order valence-electron chi connectivity index (χ2n) is 5.97. The summed E-state index contributed by atoms with van der Waals surface area (Å²) in [6.45, 7) is 3.44. The second kappa shape index (κ2) is 8.56. The van der Waals surface area contributed by atoms with Crippen molar-refractivity contribution in [2.45, 2.75) is 13.1 Å². The molecular weight excluding hydrogens is 288 g/mol. The van der Waals surface area contributed by atoms with Gasteiger partial charge in [0.15, 0.2) is 11.5 Å². The predicted octanol–water partition coefficient (Wildman–Crippen LogP) is 2.96. The van der Waals surface area contributed by atoms with Crippen molar-refractivity contribution in [2.24, 2.45) is 0 Å². The van der Waals surface area contributed by atoms with Crippen LogP contribution in [0.2, 0.25) is 0 Å². The average Bonchev–Trinajstić information content (AvgIpc) is 2.55. The van der Waals surface area contributed by atoms with Crippen molar-refractivity contribution >= 4 is 0 Å². The number of ether oxygens (including phenoxy) is 1. The smallest absolute Gasteiger partial charge is 0.162 e. The van der Waals surface area contributed by atoms with Gasteiger partial charge in [-0.3, -0.25) is 4.90 Å². The van der Waals surface area contributed by atoms with Crippen molar-refractivity contribution in [1.82, 2.24) is 9.80 Å². The van der Waals surface area contributed by atoms with Crippen molar-refractivity contribution in [3.63, 3.8) is 0 Å². The first-order valence-electron chi connectivity index (χ1n) is 7.86. The van der Waals surface area contributed by atoms with Crippen LogP contribution in [0.3, 0.4) is 0 Å². The average molecular weight is 314 g/mol. The lowest BCUT2D eigenvalue weighted by Crippen LogP contribution is -2.31. The van der Waals surface area contributed by atoms with E-state index >= 15 is 0 Å². The standard InChI is InChI=1S/C19H26N2O2/c1-20(2)12-13-21(14-16-8-5-4-6-9-16)15-17-10-7-11-18(23-3)19(17)22/h4-11,22H,12-15H2,1-3H3. The Bertz CT molecular complexity index is 600. The third kappa shape index (κ3) is 5.27. The Balaban J connectivity index is 2.13. The number of aromatic hydroxyl groups is 1. The third-order valence-electron chi connectivity index (χ3n) is 3.81. The minimum atomic E-state index is 0.234. The van der Waals surface area contributed by atoms with Gasteiger partial charge in [0.2, 0.25) is 0 Å². The molecule has 2 rings (SSSR count). The summed E-state index contributed by atoms with van der Waals surface area (Å²) >= 11 is 0. The highest BCUT2D eigenvalue weighted by molar-refractivity contribution is 5.45. The number of phenols is 1. The van der Waals surface area contributed by atoms with Gasteiger partial charge in [-0.1, -0.05) is 42.5 Å². The number of rotatable bonds is 8. The van der Waals surface area contributed by atoms with Gasteiger partial charge < -0.3 is 14.7 Å². The number of para-hydroxylation sites is 1. The molecule has 0 fully saturated rings. The molecule has 2 aromatic rings. The summed E-state index contributed by atoms with van der Waals surface area (Å²) in [5.74, 6) is 0.757. The summed E-state index contributed by atoms with van der Waals surface area (Å²) in [7, 11) is 5.72. The van der Waals surface area contributed by atoms with E-state index in [1.54, 1.807) is 13.2 Å². The Morgan fingerprint density at radius 3 is 2.30 bits per heavy atom. The zero-order chi connectivity index (χ0) is 16.7. The molecule has 0 radical (unpaired) electrons. The highest BCUT2D eigenvalue weighted by Gasteiger charge is 2.13. The Morgan fingerprint density at radius 2 is 1.65 bits per heavy atom. The van der Waals surface area contributed by atoms with Crippen molar-refractivity contribution in [3.05, 3.63) is 59.7 Å². The number of benzene rings is 2. The van der Waals surface area contributed by atoms with Crippen LogP contribution >= 0.6 is 0 Å². The zero-order valence-corrected chi connectivity index (χ0v) is 14.2. The maximum atomic E-state index is 10.3.